The van der Waals surface area contributed by atoms with Gasteiger partial charge in [-0.3, -0.25) is 9.59 Å². The Bertz CT molecular complexity index is 1510. The lowest BCUT2D eigenvalue weighted by Gasteiger charge is -2.17. The Morgan fingerprint density at radius 2 is 1.77 bits per heavy atom. The van der Waals surface area contributed by atoms with E-state index in [1.165, 1.54) is 6.07 Å². The highest BCUT2D eigenvalue weighted by Crippen LogP contribution is 2.41. The highest BCUT2D eigenvalue weighted by atomic mass is 16.6. The molecule has 0 saturated carbocycles. The van der Waals surface area contributed by atoms with E-state index < -0.39 is 30.5 Å². The predicted octanol–water partition coefficient (Wildman–Crippen LogP) is 5.60. The third kappa shape index (κ3) is 7.48. The van der Waals surface area contributed by atoms with Crippen molar-refractivity contribution in [3.05, 3.63) is 89.3 Å². The number of carbonyl (C=O) groups is 2. The molecular formula is C32H35BN2O8. The van der Waals surface area contributed by atoms with Crippen LogP contribution in [0.1, 0.15) is 79.4 Å². The molecule has 1 fully saturated rings. The molecule has 1 aliphatic heterocycles. The summed E-state index contributed by atoms with van der Waals surface area (Å²) in [5, 5.41) is 18.3. The summed E-state index contributed by atoms with van der Waals surface area (Å²) in [5.41, 5.74) is 2.51. The van der Waals surface area contributed by atoms with Crippen LogP contribution in [0.3, 0.4) is 0 Å². The Morgan fingerprint density at radius 3 is 2.47 bits per heavy atom. The molecule has 0 amide bonds. The molecule has 224 valence electrons. The SMILES string of the molecule is CC(C)(C)C(=O)c1cc(-c2onc(C(CCCOCc3ccccc3)CC(=O)O)c2[C@H]2COB(c3ccccc3)O2)no1. The first kappa shape index (κ1) is 30.4. The smallest absolute Gasteiger partial charge is 0.481 e. The van der Waals surface area contributed by atoms with Crippen LogP contribution < -0.4 is 5.46 Å². The predicted molar refractivity (Wildman–Crippen MR) is 158 cm³/mol. The first-order valence-electron chi connectivity index (χ1n) is 14.4. The summed E-state index contributed by atoms with van der Waals surface area (Å²) in [6.45, 7) is 6.49. The molecule has 1 N–H and O–H groups in total. The van der Waals surface area contributed by atoms with E-state index in [0.717, 1.165) is 11.0 Å². The van der Waals surface area contributed by atoms with Crippen LogP contribution in [-0.2, 0) is 25.4 Å². The van der Waals surface area contributed by atoms with Crippen LogP contribution in [0.25, 0.3) is 11.5 Å². The standard InChI is InChI=1S/C32H35BN2O8/c1-32(2,3)31(38)25-18-24(34-42-25)30-28(26-20-40-33(41-26)23-14-8-5-9-15-23)29(35-43-30)22(17-27(36)37)13-10-16-39-19-21-11-6-4-7-12-21/h4-9,11-12,14-15,18,22,26H,10,13,16-17,19-20H2,1-3H3,(H,36,37)/t22?,26-/m1/s1. The van der Waals surface area contributed by atoms with Crippen LogP contribution in [0.5, 0.6) is 0 Å². The number of benzene rings is 2. The molecule has 3 heterocycles. The number of aromatic nitrogens is 2. The Morgan fingerprint density at radius 1 is 1.05 bits per heavy atom. The van der Waals surface area contributed by atoms with E-state index in [0.29, 0.717) is 37.3 Å². The van der Waals surface area contributed by atoms with Crippen molar-refractivity contribution in [1.82, 2.24) is 10.3 Å². The summed E-state index contributed by atoms with van der Waals surface area (Å²) < 4.78 is 29.4. The fraction of sp³-hybridized carbons (Fsp3) is 0.375. The Balaban J connectivity index is 1.41. The van der Waals surface area contributed by atoms with Crippen molar-refractivity contribution >= 4 is 24.3 Å². The average Bonchev–Trinajstić information content (AvgIpc) is 3.76. The van der Waals surface area contributed by atoms with Gasteiger partial charge in [0, 0.05) is 24.0 Å². The lowest BCUT2D eigenvalue weighted by atomic mass is 9.79. The second kappa shape index (κ2) is 13.5. The number of hydrogen-bond acceptors (Lipinski definition) is 9. The molecule has 2 aromatic carbocycles. The van der Waals surface area contributed by atoms with Crippen molar-refractivity contribution in [1.29, 1.82) is 0 Å². The molecule has 10 nitrogen and oxygen atoms in total. The quantitative estimate of drug-likeness (QED) is 0.120. The molecule has 2 atom stereocenters. The van der Waals surface area contributed by atoms with Crippen molar-refractivity contribution in [3.63, 3.8) is 0 Å². The van der Waals surface area contributed by atoms with Gasteiger partial charge in [0.25, 0.3) is 0 Å². The minimum Gasteiger partial charge on any atom is -0.481 e. The molecule has 11 heteroatoms. The van der Waals surface area contributed by atoms with Gasteiger partial charge in [-0.15, -0.1) is 0 Å². The summed E-state index contributed by atoms with van der Waals surface area (Å²) >= 11 is 0. The van der Waals surface area contributed by atoms with Crippen LogP contribution >= 0.6 is 0 Å². The molecule has 0 aliphatic carbocycles. The van der Waals surface area contributed by atoms with Crippen molar-refractivity contribution in [2.45, 2.75) is 58.7 Å². The van der Waals surface area contributed by atoms with Gasteiger partial charge < -0.3 is 28.2 Å². The number of nitrogens with zero attached hydrogens (tertiary/aromatic N) is 2. The van der Waals surface area contributed by atoms with Crippen molar-refractivity contribution in [3.8, 4) is 11.5 Å². The molecule has 5 rings (SSSR count). The minimum atomic E-state index is -0.962. The number of ketones is 1. The van der Waals surface area contributed by atoms with Crippen molar-refractivity contribution < 1.29 is 37.8 Å². The van der Waals surface area contributed by atoms with E-state index in [4.69, 9.17) is 23.1 Å². The van der Waals surface area contributed by atoms with Gasteiger partial charge in [-0.05, 0) is 23.9 Å². The summed E-state index contributed by atoms with van der Waals surface area (Å²) in [5.74, 6) is -1.32. The number of rotatable bonds is 13. The number of carboxylic acid groups (broad SMARTS) is 1. The zero-order valence-corrected chi connectivity index (χ0v) is 24.5. The van der Waals surface area contributed by atoms with Gasteiger partial charge in [0.05, 0.1) is 37.0 Å². The van der Waals surface area contributed by atoms with E-state index in [2.05, 4.69) is 10.3 Å². The lowest BCUT2D eigenvalue weighted by Crippen LogP contribution is -2.31. The Labute approximate surface area is 250 Å². The molecular weight excluding hydrogens is 551 g/mol. The normalized spacial score (nSPS) is 16.0. The maximum Gasteiger partial charge on any atom is 0.494 e. The molecule has 1 saturated heterocycles. The molecule has 0 bridgehead atoms. The van der Waals surface area contributed by atoms with Crippen LogP contribution in [-0.4, -0.2) is 47.5 Å². The van der Waals surface area contributed by atoms with Gasteiger partial charge >= 0.3 is 13.1 Å². The van der Waals surface area contributed by atoms with E-state index in [1.807, 2.05) is 60.7 Å². The number of carbonyl (C=O) groups excluding carboxylic acids is 1. The Kier molecular flexibility index (Phi) is 9.54. The summed E-state index contributed by atoms with van der Waals surface area (Å²) in [6.07, 6.45) is 0.308. The van der Waals surface area contributed by atoms with Gasteiger partial charge in [0.15, 0.2) is 11.5 Å². The zero-order chi connectivity index (χ0) is 30.4. The van der Waals surface area contributed by atoms with E-state index in [9.17, 15) is 14.7 Å². The largest absolute Gasteiger partial charge is 0.494 e. The number of carboxylic acids is 1. The van der Waals surface area contributed by atoms with E-state index in [1.54, 1.807) is 20.8 Å². The maximum atomic E-state index is 12.8. The summed E-state index contributed by atoms with van der Waals surface area (Å²) in [6, 6.07) is 20.9. The van der Waals surface area contributed by atoms with Gasteiger partial charge in [-0.2, -0.15) is 0 Å². The fourth-order valence-electron chi connectivity index (χ4n) is 5.04. The fourth-order valence-corrected chi connectivity index (χ4v) is 5.04. The van der Waals surface area contributed by atoms with Crippen molar-refractivity contribution in [2.24, 2.45) is 5.41 Å². The number of hydrogen-bond donors (Lipinski definition) is 1. The van der Waals surface area contributed by atoms with Gasteiger partial charge in [0.2, 0.25) is 11.5 Å². The van der Waals surface area contributed by atoms with Gasteiger partial charge in [-0.25, -0.2) is 0 Å². The van der Waals surface area contributed by atoms with Crippen LogP contribution in [0, 0.1) is 5.41 Å². The first-order chi connectivity index (χ1) is 20.7. The molecule has 2 aromatic heterocycles. The molecule has 0 radical (unpaired) electrons. The highest BCUT2D eigenvalue weighted by molar-refractivity contribution is 6.61. The van der Waals surface area contributed by atoms with E-state index in [-0.39, 0.29) is 36.0 Å². The van der Waals surface area contributed by atoms with Crippen molar-refractivity contribution in [2.75, 3.05) is 13.2 Å². The van der Waals surface area contributed by atoms with Crippen LogP contribution in [0.4, 0.5) is 0 Å². The molecule has 4 aromatic rings. The van der Waals surface area contributed by atoms with Crippen LogP contribution in [0.2, 0.25) is 0 Å². The summed E-state index contributed by atoms with van der Waals surface area (Å²) in [7, 11) is -0.624. The van der Waals surface area contributed by atoms with Crippen LogP contribution in [0.15, 0.2) is 75.8 Å². The maximum absolute atomic E-state index is 12.8. The number of ether oxygens (including phenoxy) is 1. The zero-order valence-electron chi connectivity index (χ0n) is 24.5. The van der Waals surface area contributed by atoms with Gasteiger partial charge in [0.1, 0.15) is 0 Å². The minimum absolute atomic E-state index is 0.0924. The number of aliphatic carboxylic acids is 1. The topological polar surface area (TPSA) is 134 Å². The second-order valence-corrected chi connectivity index (χ2v) is 11.6. The highest BCUT2D eigenvalue weighted by Gasteiger charge is 2.40. The third-order valence-electron chi connectivity index (χ3n) is 7.24. The molecule has 0 spiro atoms. The third-order valence-corrected chi connectivity index (χ3v) is 7.24. The number of Topliss-reactive ketones (excluding diaryl/α,β-unsaturated/α-hetero) is 1. The summed E-state index contributed by atoms with van der Waals surface area (Å²) in [4.78, 5) is 24.8. The van der Waals surface area contributed by atoms with Gasteiger partial charge in [-0.1, -0.05) is 91.7 Å². The molecule has 43 heavy (non-hydrogen) atoms. The monoisotopic (exact) mass is 586 g/mol. The molecule has 1 aliphatic rings. The average molecular weight is 586 g/mol. The van der Waals surface area contributed by atoms with E-state index >= 15 is 0 Å². The lowest BCUT2D eigenvalue weighted by molar-refractivity contribution is -0.137. The second-order valence-electron chi connectivity index (χ2n) is 11.6. The Hall–Kier alpha value is -4.06. The first-order valence-corrected chi connectivity index (χ1v) is 14.4. The molecule has 1 unspecified atom stereocenters.